The lowest BCUT2D eigenvalue weighted by atomic mass is 10.0. The number of amides is 1. The molecule has 1 saturated carbocycles. The molecule has 1 unspecified atom stereocenters. The van der Waals surface area contributed by atoms with Crippen molar-refractivity contribution in [2.24, 2.45) is 4.99 Å². The first kappa shape index (κ1) is 11.3. The first-order valence-electron chi connectivity index (χ1n) is 6.35. The normalized spacial score (nSPS) is 22.7. The van der Waals surface area contributed by atoms with Crippen molar-refractivity contribution < 1.29 is 4.79 Å². The summed E-state index contributed by atoms with van der Waals surface area (Å²) in [6, 6.07) is 6.26. The molecule has 1 heterocycles. The van der Waals surface area contributed by atoms with Crippen LogP contribution in [0.2, 0.25) is 0 Å². The zero-order chi connectivity index (χ0) is 12.7. The van der Waals surface area contributed by atoms with E-state index in [1.54, 1.807) is 0 Å². The third-order valence-corrected chi connectivity index (χ3v) is 3.23. The van der Waals surface area contributed by atoms with Crippen LogP contribution in [0, 0.1) is 13.8 Å². The summed E-state index contributed by atoms with van der Waals surface area (Å²) in [6.07, 6.45) is 2.34. The lowest BCUT2D eigenvalue weighted by molar-refractivity contribution is -0.120. The molecular weight excluding hydrogens is 226 g/mol. The maximum atomic E-state index is 11.9. The number of hydrogen-bond donors (Lipinski definition) is 2. The minimum atomic E-state index is -0.398. The highest BCUT2D eigenvalue weighted by Gasteiger charge is 2.31. The number of nitrogens with zero attached hydrogens (tertiary/aromatic N) is 1. The van der Waals surface area contributed by atoms with Crippen molar-refractivity contribution >= 4 is 11.9 Å². The fraction of sp³-hybridized carbons (Fsp3) is 0.429. The number of carbonyl (C=O) groups is 1. The van der Waals surface area contributed by atoms with Crippen molar-refractivity contribution in [2.45, 2.75) is 38.8 Å². The summed E-state index contributed by atoms with van der Waals surface area (Å²) in [5.74, 6) is 0.592. The second kappa shape index (κ2) is 4.12. The molecule has 4 heteroatoms. The molecule has 1 fully saturated rings. The molecule has 18 heavy (non-hydrogen) atoms. The van der Waals surface area contributed by atoms with Gasteiger partial charge in [0.15, 0.2) is 12.0 Å². The van der Waals surface area contributed by atoms with Gasteiger partial charge in [-0.3, -0.25) is 10.1 Å². The van der Waals surface area contributed by atoms with Crippen LogP contribution in [0.1, 0.15) is 35.6 Å². The molecule has 1 aliphatic heterocycles. The molecule has 0 aromatic heterocycles. The quantitative estimate of drug-likeness (QED) is 0.828. The predicted molar refractivity (Wildman–Crippen MR) is 70.4 cm³/mol. The van der Waals surface area contributed by atoms with E-state index in [0.29, 0.717) is 12.0 Å². The molecule has 1 aromatic carbocycles. The standard InChI is InChI=1S/C14H17N3O/c1-8-5-9(2)7-10(6-8)12-13(18)17-14(16-12)15-11-3-4-11/h5-7,11-12H,3-4H2,1-2H3,(H2,15,16,17,18). The van der Waals surface area contributed by atoms with Gasteiger partial charge in [0.25, 0.3) is 5.91 Å². The second-order valence-electron chi connectivity index (χ2n) is 5.21. The fourth-order valence-corrected chi connectivity index (χ4v) is 2.29. The first-order valence-corrected chi connectivity index (χ1v) is 6.35. The van der Waals surface area contributed by atoms with E-state index in [0.717, 1.165) is 16.7 Å². The van der Waals surface area contributed by atoms with Crippen LogP contribution in [0.15, 0.2) is 23.2 Å². The highest BCUT2D eigenvalue weighted by atomic mass is 16.2. The van der Waals surface area contributed by atoms with Crippen molar-refractivity contribution in [2.75, 3.05) is 0 Å². The Balaban J connectivity index is 1.85. The van der Waals surface area contributed by atoms with Crippen LogP contribution in [-0.2, 0) is 4.79 Å². The summed E-state index contributed by atoms with van der Waals surface area (Å²) >= 11 is 0. The SMILES string of the molecule is Cc1cc(C)cc(C2N=C(NC3CC3)NC2=O)c1. The molecule has 1 atom stereocenters. The van der Waals surface area contributed by atoms with E-state index in [2.05, 4.69) is 21.7 Å². The Bertz CT molecular complexity index is 512. The van der Waals surface area contributed by atoms with Crippen LogP contribution < -0.4 is 10.6 Å². The fourth-order valence-electron chi connectivity index (χ4n) is 2.29. The number of rotatable bonds is 2. The number of aryl methyl sites for hydroxylation is 2. The molecule has 2 N–H and O–H groups in total. The number of carbonyl (C=O) groups excluding carboxylic acids is 1. The zero-order valence-electron chi connectivity index (χ0n) is 10.7. The summed E-state index contributed by atoms with van der Waals surface area (Å²) in [6.45, 7) is 4.08. The van der Waals surface area contributed by atoms with Gasteiger partial charge in [-0.2, -0.15) is 0 Å². The van der Waals surface area contributed by atoms with Gasteiger partial charge in [0.1, 0.15) is 0 Å². The largest absolute Gasteiger partial charge is 0.353 e. The van der Waals surface area contributed by atoms with E-state index in [1.165, 1.54) is 12.8 Å². The van der Waals surface area contributed by atoms with Crippen LogP contribution >= 0.6 is 0 Å². The number of aliphatic imine (C=N–C) groups is 1. The van der Waals surface area contributed by atoms with Gasteiger partial charge in [-0.15, -0.1) is 0 Å². The molecule has 3 rings (SSSR count). The lowest BCUT2D eigenvalue weighted by Gasteiger charge is -2.07. The monoisotopic (exact) mass is 243 g/mol. The number of hydrogen-bond acceptors (Lipinski definition) is 3. The van der Waals surface area contributed by atoms with Gasteiger partial charge in [-0.05, 0) is 32.3 Å². The molecule has 1 aromatic rings. The summed E-state index contributed by atoms with van der Waals surface area (Å²) < 4.78 is 0. The predicted octanol–water partition coefficient (Wildman–Crippen LogP) is 1.58. The highest BCUT2D eigenvalue weighted by molar-refractivity contribution is 6.05. The van der Waals surface area contributed by atoms with Crippen molar-refractivity contribution in [3.8, 4) is 0 Å². The second-order valence-corrected chi connectivity index (χ2v) is 5.21. The average molecular weight is 243 g/mol. The molecule has 94 valence electrons. The molecule has 2 aliphatic rings. The van der Waals surface area contributed by atoms with E-state index in [1.807, 2.05) is 26.0 Å². The Kier molecular flexibility index (Phi) is 2.58. The van der Waals surface area contributed by atoms with Gasteiger partial charge in [0.05, 0.1) is 0 Å². The van der Waals surface area contributed by atoms with Crippen molar-refractivity contribution in [1.82, 2.24) is 10.6 Å². The van der Waals surface area contributed by atoms with E-state index >= 15 is 0 Å². The van der Waals surface area contributed by atoms with Crippen LogP contribution in [0.5, 0.6) is 0 Å². The number of guanidine groups is 1. The molecule has 0 radical (unpaired) electrons. The Morgan fingerprint density at radius 3 is 2.50 bits per heavy atom. The van der Waals surface area contributed by atoms with Crippen LogP contribution in [0.3, 0.4) is 0 Å². The Morgan fingerprint density at radius 2 is 1.89 bits per heavy atom. The zero-order valence-corrected chi connectivity index (χ0v) is 10.7. The third kappa shape index (κ3) is 2.23. The van der Waals surface area contributed by atoms with Crippen molar-refractivity contribution in [3.05, 3.63) is 34.9 Å². The van der Waals surface area contributed by atoms with Crippen LogP contribution in [-0.4, -0.2) is 17.9 Å². The minimum Gasteiger partial charge on any atom is -0.353 e. The summed E-state index contributed by atoms with van der Waals surface area (Å²) in [4.78, 5) is 16.4. The third-order valence-electron chi connectivity index (χ3n) is 3.23. The highest BCUT2D eigenvalue weighted by Crippen LogP contribution is 2.25. The van der Waals surface area contributed by atoms with E-state index in [9.17, 15) is 4.79 Å². The van der Waals surface area contributed by atoms with Gasteiger partial charge in [0.2, 0.25) is 0 Å². The van der Waals surface area contributed by atoms with E-state index in [-0.39, 0.29) is 5.91 Å². The molecule has 0 saturated heterocycles. The van der Waals surface area contributed by atoms with Gasteiger partial charge >= 0.3 is 0 Å². The molecule has 0 spiro atoms. The van der Waals surface area contributed by atoms with Crippen LogP contribution in [0.25, 0.3) is 0 Å². The maximum Gasteiger partial charge on any atom is 0.256 e. The van der Waals surface area contributed by atoms with Gasteiger partial charge in [-0.25, -0.2) is 4.99 Å². The van der Waals surface area contributed by atoms with Gasteiger partial charge in [-0.1, -0.05) is 29.3 Å². The maximum absolute atomic E-state index is 11.9. The molecular formula is C14H17N3O. The summed E-state index contributed by atoms with van der Waals surface area (Å²) in [7, 11) is 0. The Labute approximate surface area is 106 Å². The van der Waals surface area contributed by atoms with E-state index < -0.39 is 6.04 Å². The summed E-state index contributed by atoms with van der Waals surface area (Å²) in [5.41, 5.74) is 3.30. The van der Waals surface area contributed by atoms with Crippen molar-refractivity contribution in [3.63, 3.8) is 0 Å². The lowest BCUT2D eigenvalue weighted by Crippen LogP contribution is -2.37. The Morgan fingerprint density at radius 1 is 1.22 bits per heavy atom. The van der Waals surface area contributed by atoms with Crippen molar-refractivity contribution in [1.29, 1.82) is 0 Å². The van der Waals surface area contributed by atoms with Gasteiger partial charge < -0.3 is 5.32 Å². The smallest absolute Gasteiger partial charge is 0.256 e. The number of nitrogens with one attached hydrogen (secondary N) is 2. The number of benzene rings is 1. The van der Waals surface area contributed by atoms with Gasteiger partial charge in [0, 0.05) is 6.04 Å². The Hall–Kier alpha value is -1.84. The van der Waals surface area contributed by atoms with Crippen LogP contribution in [0.4, 0.5) is 0 Å². The topological polar surface area (TPSA) is 53.5 Å². The summed E-state index contributed by atoms with van der Waals surface area (Å²) in [5, 5.41) is 6.04. The molecule has 1 amide bonds. The molecule has 0 bridgehead atoms. The molecule has 1 aliphatic carbocycles. The average Bonchev–Trinajstić information content (AvgIpc) is 3.00. The minimum absolute atomic E-state index is 0.0387. The molecule has 4 nitrogen and oxygen atoms in total. The first-order chi connectivity index (χ1) is 8.61. The van der Waals surface area contributed by atoms with E-state index in [4.69, 9.17) is 0 Å².